The molecule has 2 aliphatic rings. The first-order valence-corrected chi connectivity index (χ1v) is 9.53. The van der Waals surface area contributed by atoms with Gasteiger partial charge in [-0.2, -0.15) is 0 Å². The van der Waals surface area contributed by atoms with Crippen molar-refractivity contribution >= 4 is 17.2 Å². The molecule has 4 rings (SSSR count). The summed E-state index contributed by atoms with van der Waals surface area (Å²) >= 11 is 1.47. The van der Waals surface area contributed by atoms with Crippen molar-refractivity contribution in [1.29, 1.82) is 0 Å². The highest BCUT2D eigenvalue weighted by molar-refractivity contribution is 7.12. The molecule has 0 N–H and O–H groups in total. The predicted octanol–water partition coefficient (Wildman–Crippen LogP) is 2.89. The number of rotatable bonds is 2. The van der Waals surface area contributed by atoms with Crippen LogP contribution in [0.1, 0.15) is 48.2 Å². The summed E-state index contributed by atoms with van der Waals surface area (Å²) in [5.41, 5.74) is 0.679. The molecule has 1 spiro atoms. The van der Waals surface area contributed by atoms with Crippen LogP contribution in [-0.4, -0.2) is 51.1 Å². The van der Waals surface area contributed by atoms with Crippen LogP contribution in [0.25, 0.3) is 5.69 Å². The van der Waals surface area contributed by atoms with E-state index in [1.165, 1.54) is 37.0 Å². The molecule has 1 amide bonds. The van der Waals surface area contributed by atoms with Gasteiger partial charge in [0.2, 0.25) is 0 Å². The van der Waals surface area contributed by atoms with E-state index in [0.717, 1.165) is 23.4 Å². The fraction of sp³-hybridized carbons (Fsp3) is 0.588. The zero-order valence-corrected chi connectivity index (χ0v) is 14.5. The van der Waals surface area contributed by atoms with E-state index in [1.807, 2.05) is 16.3 Å². The fourth-order valence-corrected chi connectivity index (χ4v) is 4.66. The number of nitrogens with zero attached hydrogens (tertiary/aromatic N) is 4. The number of carbonyl (C=O) groups excluding carboxylic acids is 1. The van der Waals surface area contributed by atoms with Gasteiger partial charge in [0.1, 0.15) is 4.88 Å². The number of carbonyl (C=O) groups is 1. The van der Waals surface area contributed by atoms with Gasteiger partial charge in [-0.05, 0) is 24.3 Å². The van der Waals surface area contributed by atoms with Crippen molar-refractivity contribution in [1.82, 2.24) is 19.9 Å². The lowest BCUT2D eigenvalue weighted by molar-refractivity contribution is -0.107. The summed E-state index contributed by atoms with van der Waals surface area (Å²) in [4.78, 5) is 15.8. The number of hydrogen-bond donors (Lipinski definition) is 0. The predicted molar refractivity (Wildman–Crippen MR) is 91.5 cm³/mol. The van der Waals surface area contributed by atoms with Crippen molar-refractivity contribution in [2.45, 2.75) is 44.1 Å². The second-order valence-corrected chi connectivity index (χ2v) is 7.57. The average molecular weight is 346 g/mol. The highest BCUT2D eigenvalue weighted by Crippen LogP contribution is 2.34. The Hall–Kier alpha value is -1.73. The molecule has 1 saturated heterocycles. The Morgan fingerprint density at radius 2 is 2.08 bits per heavy atom. The van der Waals surface area contributed by atoms with Crippen molar-refractivity contribution in [2.24, 2.45) is 0 Å². The third-order valence-electron chi connectivity index (χ3n) is 5.06. The van der Waals surface area contributed by atoms with Gasteiger partial charge < -0.3 is 9.64 Å². The van der Waals surface area contributed by atoms with E-state index >= 15 is 0 Å². The molecule has 1 aliphatic carbocycles. The van der Waals surface area contributed by atoms with E-state index in [-0.39, 0.29) is 11.5 Å². The number of ether oxygens (including phenoxy) is 1. The SMILES string of the molecule is O=C(c1sccc1-n1ccnn1)N1CCOC2(CCCCCC2)C1. The first-order valence-electron chi connectivity index (χ1n) is 8.65. The van der Waals surface area contributed by atoms with Crippen molar-refractivity contribution in [3.63, 3.8) is 0 Å². The molecule has 2 aromatic heterocycles. The van der Waals surface area contributed by atoms with Gasteiger partial charge in [0.15, 0.2) is 0 Å². The molecule has 0 bridgehead atoms. The maximum absolute atomic E-state index is 13.1. The Balaban J connectivity index is 1.55. The minimum atomic E-state index is -0.130. The molecule has 3 heterocycles. The van der Waals surface area contributed by atoms with Crippen LogP contribution >= 0.6 is 11.3 Å². The van der Waals surface area contributed by atoms with E-state index in [9.17, 15) is 4.79 Å². The summed E-state index contributed by atoms with van der Waals surface area (Å²) < 4.78 is 7.83. The van der Waals surface area contributed by atoms with Gasteiger partial charge in [-0.3, -0.25) is 4.79 Å². The van der Waals surface area contributed by atoms with Crippen LogP contribution in [0, 0.1) is 0 Å². The summed E-state index contributed by atoms with van der Waals surface area (Å²) in [7, 11) is 0. The molecule has 6 nitrogen and oxygen atoms in total. The second kappa shape index (κ2) is 6.64. The van der Waals surface area contributed by atoms with Gasteiger partial charge >= 0.3 is 0 Å². The standard InChI is InChI=1S/C17H22N4O2S/c22-16(15-14(5-12-24-15)21-9-8-18-19-21)20-10-11-23-17(13-20)6-3-1-2-4-7-17/h5,8-9,12H,1-4,6-7,10-11,13H2. The van der Waals surface area contributed by atoms with Crippen LogP contribution in [0.3, 0.4) is 0 Å². The number of aromatic nitrogens is 3. The Morgan fingerprint density at radius 1 is 1.25 bits per heavy atom. The molecule has 1 aliphatic heterocycles. The lowest BCUT2D eigenvalue weighted by atomic mass is 9.92. The van der Waals surface area contributed by atoms with Gasteiger partial charge in [0, 0.05) is 6.54 Å². The van der Waals surface area contributed by atoms with E-state index in [0.29, 0.717) is 19.7 Å². The van der Waals surface area contributed by atoms with Gasteiger partial charge in [0.25, 0.3) is 5.91 Å². The Bertz CT molecular complexity index is 689. The summed E-state index contributed by atoms with van der Waals surface area (Å²) in [5, 5.41) is 9.80. The lowest BCUT2D eigenvalue weighted by Crippen LogP contribution is -2.53. The van der Waals surface area contributed by atoms with Gasteiger partial charge in [0.05, 0.1) is 36.8 Å². The van der Waals surface area contributed by atoms with Crippen molar-refractivity contribution < 1.29 is 9.53 Å². The summed E-state index contributed by atoms with van der Waals surface area (Å²) in [6, 6.07) is 1.93. The lowest BCUT2D eigenvalue weighted by Gasteiger charge is -2.42. The number of hydrogen-bond acceptors (Lipinski definition) is 5. The first kappa shape index (κ1) is 15.8. The molecule has 128 valence electrons. The zero-order valence-electron chi connectivity index (χ0n) is 13.7. The molecule has 0 aromatic carbocycles. The highest BCUT2D eigenvalue weighted by atomic mass is 32.1. The molecular weight excluding hydrogens is 324 g/mol. The van der Waals surface area contributed by atoms with Crippen LogP contribution in [0.2, 0.25) is 0 Å². The molecule has 0 unspecified atom stereocenters. The van der Waals surface area contributed by atoms with Crippen LogP contribution in [0.4, 0.5) is 0 Å². The van der Waals surface area contributed by atoms with E-state index < -0.39 is 0 Å². The van der Waals surface area contributed by atoms with Crippen LogP contribution < -0.4 is 0 Å². The summed E-state index contributed by atoms with van der Waals surface area (Å²) in [6.45, 7) is 2.01. The monoisotopic (exact) mass is 346 g/mol. The zero-order chi connectivity index (χ0) is 16.4. The van der Waals surface area contributed by atoms with Crippen LogP contribution in [0.5, 0.6) is 0 Å². The maximum Gasteiger partial charge on any atom is 0.266 e. The topological polar surface area (TPSA) is 60.2 Å². The average Bonchev–Trinajstić information content (AvgIpc) is 3.24. The van der Waals surface area contributed by atoms with E-state index in [4.69, 9.17) is 4.74 Å². The van der Waals surface area contributed by atoms with E-state index in [1.54, 1.807) is 17.1 Å². The van der Waals surface area contributed by atoms with Gasteiger partial charge in [-0.15, -0.1) is 16.4 Å². The van der Waals surface area contributed by atoms with Crippen molar-refractivity contribution in [3.05, 3.63) is 28.7 Å². The maximum atomic E-state index is 13.1. The second-order valence-electron chi connectivity index (χ2n) is 6.65. The molecule has 0 atom stereocenters. The molecule has 0 radical (unpaired) electrons. The van der Waals surface area contributed by atoms with Gasteiger partial charge in [-0.1, -0.05) is 30.9 Å². The third kappa shape index (κ3) is 2.98. The molecule has 2 aromatic rings. The minimum Gasteiger partial charge on any atom is -0.371 e. The smallest absolute Gasteiger partial charge is 0.266 e. The molecule has 24 heavy (non-hydrogen) atoms. The Labute approximate surface area is 145 Å². The van der Waals surface area contributed by atoms with Crippen molar-refractivity contribution in [2.75, 3.05) is 19.7 Å². The fourth-order valence-electron chi connectivity index (χ4n) is 3.82. The molecular formula is C17H22N4O2S. The van der Waals surface area contributed by atoms with Crippen molar-refractivity contribution in [3.8, 4) is 5.69 Å². The molecule has 2 fully saturated rings. The summed E-state index contributed by atoms with van der Waals surface area (Å²) in [5.74, 6) is 0.0856. The number of morpholine rings is 1. The normalized spacial score (nSPS) is 20.9. The first-order chi connectivity index (χ1) is 11.8. The van der Waals surface area contributed by atoms with Gasteiger partial charge in [-0.25, -0.2) is 4.68 Å². The molecule has 1 saturated carbocycles. The highest BCUT2D eigenvalue weighted by Gasteiger charge is 2.39. The third-order valence-corrected chi connectivity index (χ3v) is 5.95. The van der Waals surface area contributed by atoms with Crippen LogP contribution in [-0.2, 0) is 4.74 Å². The van der Waals surface area contributed by atoms with E-state index in [2.05, 4.69) is 10.3 Å². The number of amides is 1. The number of thiophene rings is 1. The minimum absolute atomic E-state index is 0.0856. The molecule has 7 heteroatoms. The quantitative estimate of drug-likeness (QED) is 0.839. The Morgan fingerprint density at radius 3 is 2.83 bits per heavy atom. The Kier molecular flexibility index (Phi) is 4.37. The summed E-state index contributed by atoms with van der Waals surface area (Å²) in [6.07, 6.45) is 10.5. The largest absolute Gasteiger partial charge is 0.371 e. The van der Waals surface area contributed by atoms with Crippen LogP contribution in [0.15, 0.2) is 23.8 Å².